The molecule has 0 unspecified atom stereocenters. The van der Waals surface area contributed by atoms with E-state index in [1.54, 1.807) is 25.9 Å². The Kier molecular flexibility index (Phi) is 12.9. The van der Waals surface area contributed by atoms with Crippen molar-refractivity contribution in [2.24, 2.45) is 4.99 Å². The fraction of sp³-hybridized carbons (Fsp3) is 0.526. The predicted molar refractivity (Wildman–Crippen MR) is 127 cm³/mol. The smallest absolute Gasteiger partial charge is 0.242 e. The van der Waals surface area contributed by atoms with Crippen molar-refractivity contribution < 1.29 is 9.59 Å². The normalized spacial score (nSPS) is 11.2. The van der Waals surface area contributed by atoms with Gasteiger partial charge in [0.1, 0.15) is 6.54 Å². The molecule has 9 heteroatoms. The lowest BCUT2D eigenvalue weighted by Gasteiger charge is -2.20. The van der Waals surface area contributed by atoms with E-state index in [1.165, 1.54) is 9.80 Å². The second-order valence-corrected chi connectivity index (χ2v) is 8.36. The molecule has 0 bridgehead atoms. The second-order valence-electron chi connectivity index (χ2n) is 7.19. The molecule has 0 atom stereocenters. The van der Waals surface area contributed by atoms with Crippen LogP contribution in [-0.4, -0.2) is 67.7 Å². The molecule has 0 aliphatic heterocycles. The minimum Gasteiger partial charge on any atom is -0.356 e. The lowest BCUT2D eigenvalue weighted by Crippen LogP contribution is -2.45. The number of amides is 2. The maximum absolute atomic E-state index is 12.0. The number of nitrogens with one attached hydrogen (secondary N) is 3. The highest BCUT2D eigenvalue weighted by atomic mass is 127. The fourth-order valence-corrected chi connectivity index (χ4v) is 2.74. The molecule has 0 saturated carbocycles. The van der Waals surface area contributed by atoms with Gasteiger partial charge in [-0.25, -0.2) is 4.99 Å². The van der Waals surface area contributed by atoms with Gasteiger partial charge in [0.2, 0.25) is 11.8 Å². The summed E-state index contributed by atoms with van der Waals surface area (Å²) in [6, 6.07) is 10.1. The molecular weight excluding hydrogens is 489 g/mol. The van der Waals surface area contributed by atoms with Crippen LogP contribution in [0.4, 0.5) is 0 Å². The van der Waals surface area contributed by atoms with E-state index in [2.05, 4.69) is 33.1 Å². The van der Waals surface area contributed by atoms with E-state index in [-0.39, 0.29) is 54.4 Å². The zero-order valence-corrected chi connectivity index (χ0v) is 20.4. The third-order valence-corrected chi connectivity index (χ3v) is 4.22. The van der Waals surface area contributed by atoms with Gasteiger partial charge < -0.3 is 20.9 Å². The van der Waals surface area contributed by atoms with E-state index < -0.39 is 0 Å². The van der Waals surface area contributed by atoms with Crippen molar-refractivity contribution in [3.05, 3.63) is 30.3 Å². The number of carbonyl (C=O) groups excluding carboxylic acids is 2. The Bertz CT molecular complexity index is 633. The van der Waals surface area contributed by atoms with Crippen LogP contribution in [0.25, 0.3) is 0 Å². The average molecular weight is 521 g/mol. The molecule has 2 amide bonds. The Hall–Kier alpha value is -1.49. The van der Waals surface area contributed by atoms with Crippen LogP contribution in [0.2, 0.25) is 0 Å². The number of hydrogen-bond donors (Lipinski definition) is 3. The number of benzene rings is 1. The van der Waals surface area contributed by atoms with Gasteiger partial charge in [-0.2, -0.15) is 0 Å². The standard InChI is InChI=1S/C19H31N5O2S.HI/c1-19(2,3)23-16(25)13-21-18(22-14-17(26)24(4)5)20-11-12-27-15-9-7-6-8-10-15;/h6-10H,11-14H2,1-5H3,(H,23,25)(H2,20,21,22);1H. The van der Waals surface area contributed by atoms with Crippen molar-refractivity contribution in [1.82, 2.24) is 20.9 Å². The summed E-state index contributed by atoms with van der Waals surface area (Å²) in [5.74, 6) is 1.05. The molecule has 0 aromatic heterocycles. The molecule has 158 valence electrons. The van der Waals surface area contributed by atoms with Crippen molar-refractivity contribution in [1.29, 1.82) is 0 Å². The quantitative estimate of drug-likeness (QED) is 0.160. The first kappa shape index (κ1) is 26.5. The summed E-state index contributed by atoms with van der Waals surface area (Å²) >= 11 is 1.72. The van der Waals surface area contributed by atoms with Crippen molar-refractivity contribution in [2.75, 3.05) is 39.5 Å². The first-order chi connectivity index (χ1) is 12.7. The van der Waals surface area contributed by atoms with Gasteiger partial charge in [-0.1, -0.05) is 18.2 Å². The van der Waals surface area contributed by atoms with Crippen molar-refractivity contribution in [3.63, 3.8) is 0 Å². The van der Waals surface area contributed by atoms with Gasteiger partial charge in [0.25, 0.3) is 0 Å². The summed E-state index contributed by atoms with van der Waals surface area (Å²) in [4.78, 5) is 30.7. The van der Waals surface area contributed by atoms with Crippen LogP contribution >= 0.6 is 35.7 Å². The Morgan fingerprint density at radius 1 is 1.11 bits per heavy atom. The lowest BCUT2D eigenvalue weighted by atomic mass is 10.1. The third kappa shape index (κ3) is 12.8. The molecule has 28 heavy (non-hydrogen) atoms. The van der Waals surface area contributed by atoms with Crippen molar-refractivity contribution >= 4 is 53.5 Å². The Balaban J connectivity index is 0.00000729. The number of halogens is 1. The lowest BCUT2D eigenvalue weighted by molar-refractivity contribution is -0.127. The maximum atomic E-state index is 12.0. The molecule has 1 rings (SSSR count). The number of nitrogens with zero attached hydrogens (tertiary/aromatic N) is 2. The van der Waals surface area contributed by atoms with Gasteiger partial charge in [0, 0.05) is 36.8 Å². The number of likely N-dealkylation sites (N-methyl/N-ethyl adjacent to an activating group) is 1. The second kappa shape index (κ2) is 13.6. The predicted octanol–water partition coefficient (Wildman–Crippen LogP) is 1.93. The summed E-state index contributed by atoms with van der Waals surface area (Å²) in [5.41, 5.74) is -0.305. The minimum absolute atomic E-state index is 0. The molecule has 0 saturated heterocycles. The number of aliphatic imine (C=N–C) groups is 1. The van der Waals surface area contributed by atoms with Crippen LogP contribution in [0.1, 0.15) is 20.8 Å². The summed E-state index contributed by atoms with van der Waals surface area (Å²) in [6.45, 7) is 6.52. The largest absolute Gasteiger partial charge is 0.356 e. The number of carbonyl (C=O) groups is 2. The SMILES string of the molecule is CN(C)C(=O)CNC(=NCC(=O)NC(C)(C)C)NCCSc1ccccc1.I. The minimum atomic E-state index is -0.305. The molecule has 0 aliphatic carbocycles. The van der Waals surface area contributed by atoms with E-state index in [1.807, 2.05) is 39.0 Å². The van der Waals surface area contributed by atoms with Crippen LogP contribution in [0.3, 0.4) is 0 Å². The Morgan fingerprint density at radius 3 is 2.32 bits per heavy atom. The topological polar surface area (TPSA) is 85.8 Å². The number of guanidine groups is 1. The van der Waals surface area contributed by atoms with E-state index in [0.29, 0.717) is 12.5 Å². The Morgan fingerprint density at radius 2 is 1.75 bits per heavy atom. The third-order valence-electron chi connectivity index (χ3n) is 3.21. The van der Waals surface area contributed by atoms with E-state index in [9.17, 15) is 9.59 Å². The summed E-state index contributed by atoms with van der Waals surface area (Å²) in [5, 5.41) is 9.01. The summed E-state index contributed by atoms with van der Waals surface area (Å²) in [7, 11) is 3.39. The highest BCUT2D eigenvalue weighted by molar-refractivity contribution is 14.0. The number of thioether (sulfide) groups is 1. The molecular formula is C19H32IN5O2S. The molecule has 0 aliphatic rings. The van der Waals surface area contributed by atoms with Gasteiger partial charge in [-0.15, -0.1) is 35.7 Å². The summed E-state index contributed by atoms with van der Waals surface area (Å²) in [6.07, 6.45) is 0. The van der Waals surface area contributed by atoms with E-state index in [4.69, 9.17) is 0 Å². The molecule has 0 radical (unpaired) electrons. The number of hydrogen-bond acceptors (Lipinski definition) is 4. The van der Waals surface area contributed by atoms with Gasteiger partial charge in [0.05, 0.1) is 6.54 Å². The van der Waals surface area contributed by atoms with Gasteiger partial charge in [-0.3, -0.25) is 9.59 Å². The van der Waals surface area contributed by atoms with Gasteiger partial charge in [-0.05, 0) is 32.9 Å². The van der Waals surface area contributed by atoms with Crippen LogP contribution in [0, 0.1) is 0 Å². The molecule has 0 spiro atoms. The van der Waals surface area contributed by atoms with E-state index >= 15 is 0 Å². The van der Waals surface area contributed by atoms with Gasteiger partial charge >= 0.3 is 0 Å². The molecule has 7 nitrogen and oxygen atoms in total. The Labute approximate surface area is 189 Å². The maximum Gasteiger partial charge on any atom is 0.242 e. The first-order valence-corrected chi connectivity index (χ1v) is 9.87. The van der Waals surface area contributed by atoms with Gasteiger partial charge in [0.15, 0.2) is 5.96 Å². The molecule has 0 fully saturated rings. The monoisotopic (exact) mass is 521 g/mol. The van der Waals surface area contributed by atoms with Crippen LogP contribution < -0.4 is 16.0 Å². The highest BCUT2D eigenvalue weighted by Gasteiger charge is 2.13. The van der Waals surface area contributed by atoms with Crippen molar-refractivity contribution in [3.8, 4) is 0 Å². The average Bonchev–Trinajstić information content (AvgIpc) is 2.59. The van der Waals surface area contributed by atoms with Crippen LogP contribution in [0.5, 0.6) is 0 Å². The van der Waals surface area contributed by atoms with Crippen molar-refractivity contribution in [2.45, 2.75) is 31.2 Å². The molecule has 1 aromatic carbocycles. The molecule has 0 heterocycles. The first-order valence-electron chi connectivity index (χ1n) is 8.88. The fourth-order valence-electron chi connectivity index (χ4n) is 1.96. The molecule has 3 N–H and O–H groups in total. The van der Waals surface area contributed by atoms with Crippen LogP contribution in [0.15, 0.2) is 40.2 Å². The summed E-state index contributed by atoms with van der Waals surface area (Å²) < 4.78 is 0. The molecule has 1 aromatic rings. The number of rotatable bonds is 8. The zero-order valence-electron chi connectivity index (χ0n) is 17.2. The van der Waals surface area contributed by atoms with E-state index in [0.717, 1.165) is 5.75 Å². The highest BCUT2D eigenvalue weighted by Crippen LogP contribution is 2.15. The zero-order chi connectivity index (χ0) is 20.3. The van der Waals surface area contributed by atoms with Crippen LogP contribution in [-0.2, 0) is 9.59 Å².